The molecule has 162 valence electrons. The molecule has 0 saturated heterocycles. The lowest BCUT2D eigenvalue weighted by Crippen LogP contribution is -2.29. The summed E-state index contributed by atoms with van der Waals surface area (Å²) >= 11 is 0. The number of carbonyl (C=O) groups excluding carboxylic acids is 1. The van der Waals surface area contributed by atoms with Crippen LogP contribution < -0.4 is 14.4 Å². The van der Waals surface area contributed by atoms with E-state index in [-0.39, 0.29) is 18.5 Å². The van der Waals surface area contributed by atoms with Gasteiger partial charge in [-0.05, 0) is 54.4 Å². The van der Waals surface area contributed by atoms with Gasteiger partial charge < -0.3 is 10.1 Å². The van der Waals surface area contributed by atoms with Crippen molar-refractivity contribution < 1.29 is 17.9 Å². The van der Waals surface area contributed by atoms with Crippen LogP contribution in [0.15, 0.2) is 78.9 Å². The Morgan fingerprint density at radius 1 is 0.968 bits per heavy atom. The molecule has 0 saturated carbocycles. The van der Waals surface area contributed by atoms with E-state index in [1.54, 1.807) is 31.4 Å². The molecule has 3 aromatic carbocycles. The predicted octanol–water partition coefficient (Wildman–Crippen LogP) is 4.15. The lowest BCUT2D eigenvalue weighted by Gasteiger charge is -2.23. The number of nitrogens with zero attached hydrogens (tertiary/aromatic N) is 1. The first-order chi connectivity index (χ1) is 14.8. The highest BCUT2D eigenvalue weighted by Crippen LogP contribution is 2.22. The lowest BCUT2D eigenvalue weighted by molar-refractivity contribution is 0.0940. The number of sulfonamides is 1. The van der Waals surface area contributed by atoms with Gasteiger partial charge in [0.05, 0.1) is 31.6 Å². The van der Waals surface area contributed by atoms with Gasteiger partial charge >= 0.3 is 0 Å². The van der Waals surface area contributed by atoms with Crippen molar-refractivity contribution in [1.29, 1.82) is 0 Å². The van der Waals surface area contributed by atoms with E-state index in [0.29, 0.717) is 11.3 Å². The van der Waals surface area contributed by atoms with Crippen molar-refractivity contribution in [1.82, 2.24) is 5.32 Å². The molecule has 7 heteroatoms. The summed E-state index contributed by atoms with van der Waals surface area (Å²) in [5.74, 6) is 0.521. The molecule has 1 unspecified atom stereocenters. The zero-order valence-electron chi connectivity index (χ0n) is 17.8. The zero-order valence-corrected chi connectivity index (χ0v) is 18.6. The summed E-state index contributed by atoms with van der Waals surface area (Å²) in [5, 5.41) is 2.96. The summed E-state index contributed by atoms with van der Waals surface area (Å²) in [7, 11) is -1.88. The van der Waals surface area contributed by atoms with Crippen LogP contribution in [-0.2, 0) is 16.6 Å². The number of amides is 1. The van der Waals surface area contributed by atoms with E-state index in [1.807, 2.05) is 61.5 Å². The van der Waals surface area contributed by atoms with E-state index in [2.05, 4.69) is 5.32 Å². The molecule has 0 aromatic heterocycles. The van der Waals surface area contributed by atoms with Crippen molar-refractivity contribution in [3.8, 4) is 5.75 Å². The van der Waals surface area contributed by atoms with Gasteiger partial charge in [0, 0.05) is 5.56 Å². The normalized spacial score (nSPS) is 12.1. The van der Waals surface area contributed by atoms with E-state index in [9.17, 15) is 13.2 Å². The van der Waals surface area contributed by atoms with Crippen LogP contribution in [0.4, 0.5) is 5.69 Å². The van der Waals surface area contributed by atoms with Crippen LogP contribution in [0, 0.1) is 0 Å². The second kappa shape index (κ2) is 9.66. The Morgan fingerprint density at radius 3 is 2.13 bits per heavy atom. The predicted molar refractivity (Wildman–Crippen MR) is 123 cm³/mol. The second-order valence-electron chi connectivity index (χ2n) is 7.27. The Balaban J connectivity index is 1.73. The number of hydrogen-bond donors (Lipinski definition) is 1. The topological polar surface area (TPSA) is 75.7 Å². The Morgan fingerprint density at radius 2 is 1.58 bits per heavy atom. The van der Waals surface area contributed by atoms with Gasteiger partial charge in [0.25, 0.3) is 5.91 Å². The summed E-state index contributed by atoms with van der Waals surface area (Å²) in [5.41, 5.74) is 2.79. The smallest absolute Gasteiger partial charge is 0.251 e. The number of hydrogen-bond acceptors (Lipinski definition) is 4. The Kier molecular flexibility index (Phi) is 6.97. The fourth-order valence-corrected chi connectivity index (χ4v) is 4.07. The summed E-state index contributed by atoms with van der Waals surface area (Å²) in [6.45, 7) is 2.12. The zero-order chi connectivity index (χ0) is 22.4. The average Bonchev–Trinajstić information content (AvgIpc) is 2.77. The van der Waals surface area contributed by atoms with Crippen molar-refractivity contribution in [2.24, 2.45) is 0 Å². The third-order valence-corrected chi connectivity index (χ3v) is 6.09. The SMILES string of the molecule is COc1ccc(C(C)NC(=O)c2ccc(N(Cc3ccccc3)S(C)(=O)=O)cc2)cc1. The molecule has 3 rings (SSSR count). The molecule has 0 heterocycles. The first-order valence-corrected chi connectivity index (χ1v) is 11.7. The highest BCUT2D eigenvalue weighted by atomic mass is 32.2. The third-order valence-electron chi connectivity index (χ3n) is 4.95. The summed E-state index contributed by atoms with van der Waals surface area (Å²) in [4.78, 5) is 12.7. The molecule has 0 aliphatic heterocycles. The number of rotatable bonds is 8. The Bertz CT molecular complexity index is 1110. The van der Waals surface area contributed by atoms with E-state index in [0.717, 1.165) is 16.9 Å². The molecular weight excluding hydrogens is 412 g/mol. The molecule has 0 radical (unpaired) electrons. The van der Waals surface area contributed by atoms with Crippen molar-refractivity contribution in [3.05, 3.63) is 95.6 Å². The van der Waals surface area contributed by atoms with E-state index >= 15 is 0 Å². The molecule has 0 spiro atoms. The van der Waals surface area contributed by atoms with Crippen LogP contribution in [0.2, 0.25) is 0 Å². The van der Waals surface area contributed by atoms with Crippen molar-refractivity contribution in [2.45, 2.75) is 19.5 Å². The molecule has 0 bridgehead atoms. The van der Waals surface area contributed by atoms with E-state index < -0.39 is 10.0 Å². The third kappa shape index (κ3) is 5.86. The highest BCUT2D eigenvalue weighted by molar-refractivity contribution is 7.92. The van der Waals surface area contributed by atoms with Gasteiger partial charge in [0.2, 0.25) is 10.0 Å². The van der Waals surface area contributed by atoms with Gasteiger partial charge in [-0.25, -0.2) is 8.42 Å². The minimum Gasteiger partial charge on any atom is -0.497 e. The van der Waals surface area contributed by atoms with E-state index in [4.69, 9.17) is 4.74 Å². The van der Waals surface area contributed by atoms with Gasteiger partial charge in [-0.3, -0.25) is 9.10 Å². The molecule has 3 aromatic rings. The van der Waals surface area contributed by atoms with Gasteiger partial charge in [-0.15, -0.1) is 0 Å². The highest BCUT2D eigenvalue weighted by Gasteiger charge is 2.19. The van der Waals surface area contributed by atoms with Gasteiger partial charge in [-0.2, -0.15) is 0 Å². The summed E-state index contributed by atoms with van der Waals surface area (Å²) in [6, 6.07) is 23.2. The number of ether oxygens (including phenoxy) is 1. The Labute approximate surface area is 183 Å². The first-order valence-electron chi connectivity index (χ1n) is 9.84. The Hall–Kier alpha value is -3.32. The summed E-state index contributed by atoms with van der Waals surface area (Å²) in [6.07, 6.45) is 1.17. The fraction of sp³-hybridized carbons (Fsp3) is 0.208. The van der Waals surface area contributed by atoms with E-state index in [1.165, 1.54) is 10.6 Å². The second-order valence-corrected chi connectivity index (χ2v) is 9.18. The van der Waals surface area contributed by atoms with Crippen LogP contribution >= 0.6 is 0 Å². The molecule has 1 N–H and O–H groups in total. The minimum atomic E-state index is -3.49. The molecule has 31 heavy (non-hydrogen) atoms. The quantitative estimate of drug-likeness (QED) is 0.573. The fourth-order valence-electron chi connectivity index (χ4n) is 3.18. The van der Waals surface area contributed by atoms with Crippen LogP contribution in [0.3, 0.4) is 0 Å². The molecule has 0 aliphatic carbocycles. The maximum Gasteiger partial charge on any atom is 0.251 e. The monoisotopic (exact) mass is 438 g/mol. The molecule has 0 fully saturated rings. The number of benzene rings is 3. The molecule has 1 amide bonds. The first kappa shape index (κ1) is 22.4. The molecule has 1 atom stereocenters. The van der Waals surface area contributed by atoms with Gasteiger partial charge in [0.1, 0.15) is 5.75 Å². The van der Waals surface area contributed by atoms with Crippen LogP contribution in [0.5, 0.6) is 5.75 Å². The molecule has 0 aliphatic rings. The van der Waals surface area contributed by atoms with Crippen molar-refractivity contribution in [3.63, 3.8) is 0 Å². The van der Waals surface area contributed by atoms with Crippen LogP contribution in [0.1, 0.15) is 34.5 Å². The standard InChI is InChI=1S/C24H26N2O4S/c1-18(20-11-15-23(30-2)16-12-20)25-24(27)21-9-13-22(14-10-21)26(31(3,28)29)17-19-7-5-4-6-8-19/h4-16,18H,17H2,1-3H3,(H,25,27). The summed E-state index contributed by atoms with van der Waals surface area (Å²) < 4.78 is 31.2. The van der Waals surface area contributed by atoms with Crippen molar-refractivity contribution >= 4 is 21.6 Å². The average molecular weight is 439 g/mol. The number of carbonyl (C=O) groups is 1. The molecular formula is C24H26N2O4S. The van der Waals surface area contributed by atoms with Crippen LogP contribution in [-0.4, -0.2) is 27.7 Å². The van der Waals surface area contributed by atoms with Crippen molar-refractivity contribution in [2.75, 3.05) is 17.7 Å². The lowest BCUT2D eigenvalue weighted by atomic mass is 10.1. The maximum atomic E-state index is 12.7. The maximum absolute atomic E-state index is 12.7. The number of anilines is 1. The van der Waals surface area contributed by atoms with Gasteiger partial charge in [0.15, 0.2) is 0 Å². The largest absolute Gasteiger partial charge is 0.497 e. The molecule has 6 nitrogen and oxygen atoms in total. The van der Waals surface area contributed by atoms with Crippen LogP contribution in [0.25, 0.3) is 0 Å². The number of nitrogens with one attached hydrogen (secondary N) is 1. The minimum absolute atomic E-state index is 0.191. The van der Waals surface area contributed by atoms with Gasteiger partial charge in [-0.1, -0.05) is 42.5 Å². The number of methoxy groups -OCH3 is 1.